The van der Waals surface area contributed by atoms with Crippen LogP contribution >= 0.6 is 0 Å². The van der Waals surface area contributed by atoms with Crippen molar-refractivity contribution in [3.63, 3.8) is 0 Å². The van der Waals surface area contributed by atoms with E-state index in [4.69, 9.17) is 5.73 Å². The van der Waals surface area contributed by atoms with Gasteiger partial charge in [0, 0.05) is 31.0 Å². The van der Waals surface area contributed by atoms with Crippen molar-refractivity contribution in [1.82, 2.24) is 9.80 Å². The molecule has 0 saturated carbocycles. The molecule has 2 fully saturated rings. The van der Waals surface area contributed by atoms with Gasteiger partial charge in [0.2, 0.25) is 12.5 Å². The van der Waals surface area contributed by atoms with Crippen LogP contribution in [0.1, 0.15) is 18.9 Å². The summed E-state index contributed by atoms with van der Waals surface area (Å²) < 4.78 is 1.63. The van der Waals surface area contributed by atoms with Crippen LogP contribution in [0, 0.1) is 5.92 Å². The molecule has 4 rings (SSSR count). The summed E-state index contributed by atoms with van der Waals surface area (Å²) in [5, 5.41) is 11.8. The molecule has 2 N–H and O–H groups in total. The smallest absolute Gasteiger partial charge is 0.283 e. The van der Waals surface area contributed by atoms with Crippen molar-refractivity contribution in [2.24, 2.45) is 11.7 Å². The Balaban J connectivity index is 1.66. The summed E-state index contributed by atoms with van der Waals surface area (Å²) in [5.74, 6) is -2.61. The van der Waals surface area contributed by atoms with Crippen LogP contribution in [-0.2, 0) is 25.7 Å². The Labute approximate surface area is 166 Å². The van der Waals surface area contributed by atoms with Crippen LogP contribution in [-0.4, -0.2) is 52.1 Å². The highest BCUT2D eigenvalue weighted by Crippen LogP contribution is 2.49. The normalized spacial score (nSPS) is 25.3. The maximum Gasteiger partial charge on any atom is 0.283 e. The number of piperidine rings is 1. The molecule has 3 amide bonds. The Kier molecular flexibility index (Phi) is 4.45. The molecule has 0 spiro atoms. The van der Waals surface area contributed by atoms with Crippen molar-refractivity contribution in [1.29, 1.82) is 0 Å². The van der Waals surface area contributed by atoms with Crippen molar-refractivity contribution in [3.05, 3.63) is 47.4 Å². The Morgan fingerprint density at radius 2 is 2.10 bits per heavy atom. The van der Waals surface area contributed by atoms with E-state index >= 15 is 0 Å². The molecule has 0 aromatic carbocycles. The summed E-state index contributed by atoms with van der Waals surface area (Å²) >= 11 is 0. The fourth-order valence-electron chi connectivity index (χ4n) is 4.59. The zero-order valence-electron chi connectivity index (χ0n) is 15.8. The predicted octanol–water partition coefficient (Wildman–Crippen LogP) is -2.06. The van der Waals surface area contributed by atoms with Gasteiger partial charge >= 0.3 is 0 Å². The number of aliphatic carboxylic acids is 1. The number of carbonyl (C=O) groups excluding carboxylic acids is 4. The van der Waals surface area contributed by atoms with E-state index in [1.54, 1.807) is 35.2 Å². The first-order valence-corrected chi connectivity index (χ1v) is 9.31. The Morgan fingerprint density at radius 3 is 2.76 bits per heavy atom. The quantitative estimate of drug-likeness (QED) is 0.452. The maximum absolute atomic E-state index is 12.6. The summed E-state index contributed by atoms with van der Waals surface area (Å²) in [6, 6.07) is 2.59. The summed E-state index contributed by atoms with van der Waals surface area (Å²) in [4.78, 5) is 50.1. The van der Waals surface area contributed by atoms with Crippen LogP contribution in [0.4, 0.5) is 0 Å². The Bertz CT molecular complexity index is 998. The molecule has 9 nitrogen and oxygen atoms in total. The minimum atomic E-state index is -1.41. The van der Waals surface area contributed by atoms with Gasteiger partial charge in [-0.05, 0) is 24.1 Å². The van der Waals surface area contributed by atoms with Crippen molar-refractivity contribution >= 4 is 29.8 Å². The third kappa shape index (κ3) is 2.98. The SMILES string of the molecule is CC(=O)N1CCC2C(/C=C/c3ccc[n+](CC(N)=O)c3)=C(C(=O)[O-])N3C(=O)[C@@H]1[C@@H]23. The highest BCUT2D eigenvalue weighted by Gasteiger charge is 2.62. The number of nitrogens with two attached hydrogens (primary N) is 1. The van der Waals surface area contributed by atoms with Gasteiger partial charge in [0.25, 0.3) is 11.8 Å². The van der Waals surface area contributed by atoms with Gasteiger partial charge in [-0.15, -0.1) is 0 Å². The number of carboxylic acids is 1. The molecule has 0 aliphatic carbocycles. The van der Waals surface area contributed by atoms with Gasteiger partial charge in [-0.1, -0.05) is 6.08 Å². The molecule has 2 saturated heterocycles. The number of aromatic nitrogens is 1. The number of primary amides is 1. The van der Waals surface area contributed by atoms with Crippen LogP contribution in [0.15, 0.2) is 41.9 Å². The number of amides is 3. The lowest BCUT2D eigenvalue weighted by atomic mass is 9.78. The monoisotopic (exact) mass is 396 g/mol. The number of hydrogen-bond acceptors (Lipinski definition) is 5. The fourth-order valence-corrected chi connectivity index (χ4v) is 4.59. The van der Waals surface area contributed by atoms with Crippen molar-refractivity contribution in [2.45, 2.75) is 32.0 Å². The van der Waals surface area contributed by atoms with Gasteiger partial charge in [-0.3, -0.25) is 14.4 Å². The standard InChI is InChI=1S/C20H20N4O5/c1-11(25)23-8-6-14-13(17(20(28)29)24-16(14)18(23)19(24)27)5-4-12-3-2-7-22(9-12)10-15(21)26/h2-5,7,9,14,16,18H,6,8,10H2,1H3,(H2-,21,26,28,29)/b5-4+/t14?,16-,18+/m1/s1. The molecule has 4 heterocycles. The van der Waals surface area contributed by atoms with Gasteiger partial charge in [0.1, 0.15) is 6.04 Å². The van der Waals surface area contributed by atoms with Crippen molar-refractivity contribution in [2.75, 3.05) is 6.54 Å². The van der Waals surface area contributed by atoms with Crippen molar-refractivity contribution < 1.29 is 28.9 Å². The molecule has 1 unspecified atom stereocenters. The van der Waals surface area contributed by atoms with E-state index in [2.05, 4.69) is 0 Å². The molecule has 3 atom stereocenters. The largest absolute Gasteiger partial charge is 0.543 e. The summed E-state index contributed by atoms with van der Waals surface area (Å²) in [6.45, 7) is 1.85. The van der Waals surface area contributed by atoms with Gasteiger partial charge in [0.05, 0.1) is 17.7 Å². The first-order chi connectivity index (χ1) is 13.8. The lowest BCUT2D eigenvalue weighted by molar-refractivity contribution is -0.684. The van der Waals surface area contributed by atoms with Crippen molar-refractivity contribution in [3.8, 4) is 0 Å². The van der Waals surface area contributed by atoms with Crippen LogP contribution < -0.4 is 15.4 Å². The molecule has 150 valence electrons. The Morgan fingerprint density at radius 1 is 1.34 bits per heavy atom. The second kappa shape index (κ2) is 6.84. The topological polar surface area (TPSA) is 128 Å². The molecule has 3 aliphatic heterocycles. The molecule has 1 aromatic rings. The molecule has 0 bridgehead atoms. The number of β-lactam (4-membered cyclic amide) rings is 1. The van der Waals surface area contributed by atoms with Crippen LogP contribution in [0.2, 0.25) is 0 Å². The molecular formula is C20H20N4O5. The minimum Gasteiger partial charge on any atom is -0.543 e. The maximum atomic E-state index is 12.6. The summed E-state index contributed by atoms with van der Waals surface area (Å²) in [6.07, 6.45) is 7.41. The van der Waals surface area contributed by atoms with E-state index in [1.165, 1.54) is 16.7 Å². The first-order valence-electron chi connectivity index (χ1n) is 9.31. The van der Waals surface area contributed by atoms with E-state index < -0.39 is 17.9 Å². The third-order valence-electron chi connectivity index (χ3n) is 5.73. The number of hydrogen-bond donors (Lipinski definition) is 1. The number of likely N-dealkylation sites (tertiary alicyclic amines) is 1. The summed E-state index contributed by atoms with van der Waals surface area (Å²) in [5.41, 5.74) is 6.37. The molecule has 29 heavy (non-hydrogen) atoms. The second-order valence-corrected chi connectivity index (χ2v) is 7.45. The number of nitrogens with zero attached hydrogens (tertiary/aromatic N) is 3. The highest BCUT2D eigenvalue weighted by molar-refractivity contribution is 6.03. The van der Waals surface area contributed by atoms with Crippen LogP contribution in [0.5, 0.6) is 0 Å². The third-order valence-corrected chi connectivity index (χ3v) is 5.73. The van der Waals surface area contributed by atoms with Gasteiger partial charge in [0.15, 0.2) is 12.4 Å². The van der Waals surface area contributed by atoms with Crippen LogP contribution in [0.25, 0.3) is 6.08 Å². The highest BCUT2D eigenvalue weighted by atomic mass is 16.4. The van der Waals surface area contributed by atoms with E-state index in [-0.39, 0.29) is 36.0 Å². The molecule has 1 aromatic heterocycles. The van der Waals surface area contributed by atoms with E-state index in [0.717, 1.165) is 5.56 Å². The number of carboxylic acid groups (broad SMARTS) is 1. The first kappa shape index (κ1) is 18.9. The zero-order valence-corrected chi connectivity index (χ0v) is 15.8. The van der Waals surface area contributed by atoms with Gasteiger partial charge in [-0.2, -0.15) is 4.57 Å². The lowest BCUT2D eigenvalue weighted by Crippen LogP contribution is -2.73. The number of rotatable bonds is 5. The number of allylic oxidation sites excluding steroid dienone is 1. The van der Waals surface area contributed by atoms with Crippen LogP contribution in [0.3, 0.4) is 0 Å². The predicted molar refractivity (Wildman–Crippen MR) is 96.8 cm³/mol. The fraction of sp³-hybridized carbons (Fsp3) is 0.350. The Hall–Kier alpha value is -3.49. The molecule has 3 aliphatic rings. The average molecular weight is 396 g/mol. The lowest BCUT2D eigenvalue weighted by Gasteiger charge is -2.53. The zero-order chi connectivity index (χ0) is 20.9. The van der Waals surface area contributed by atoms with Gasteiger partial charge in [-0.25, -0.2) is 0 Å². The average Bonchev–Trinajstić information content (AvgIpc) is 2.98. The van der Waals surface area contributed by atoms with E-state index in [9.17, 15) is 24.3 Å². The van der Waals surface area contributed by atoms with E-state index in [0.29, 0.717) is 18.5 Å². The molecule has 0 radical (unpaired) electrons. The second-order valence-electron chi connectivity index (χ2n) is 7.45. The molecule has 9 heteroatoms. The molecular weight excluding hydrogens is 376 g/mol. The van der Waals surface area contributed by atoms with E-state index in [1.807, 2.05) is 6.07 Å². The number of pyridine rings is 1. The minimum absolute atomic E-state index is 0.0320. The number of carbonyl (C=O) groups is 4. The summed E-state index contributed by atoms with van der Waals surface area (Å²) in [7, 11) is 0. The van der Waals surface area contributed by atoms with Gasteiger partial charge < -0.3 is 25.4 Å².